The van der Waals surface area contributed by atoms with E-state index in [4.69, 9.17) is 0 Å². The summed E-state index contributed by atoms with van der Waals surface area (Å²) >= 11 is 0. The highest BCUT2D eigenvalue weighted by Gasteiger charge is 2.19. The lowest BCUT2D eigenvalue weighted by Gasteiger charge is -2.20. The number of hydrogen-bond acceptors (Lipinski definition) is 1. The molecule has 3 rings (SSSR count). The molecule has 0 bridgehead atoms. The van der Waals surface area contributed by atoms with E-state index < -0.39 is 0 Å². The topological polar surface area (TPSA) is 48.1 Å². The molecule has 1 aliphatic heterocycles. The molecule has 1 atom stereocenters. The predicted molar refractivity (Wildman–Crippen MR) is 76.1 cm³/mol. The van der Waals surface area contributed by atoms with E-state index in [0.29, 0.717) is 0 Å². The maximum atomic E-state index is 12.1. The molecule has 4 nitrogen and oxygen atoms in total. The summed E-state index contributed by atoms with van der Waals surface area (Å²) in [5.41, 5.74) is 2.27. The number of nitrogens with one attached hydrogen (secondary N) is 2. The van der Waals surface area contributed by atoms with E-state index in [1.165, 1.54) is 5.39 Å². The predicted octanol–water partition coefficient (Wildman–Crippen LogP) is 3.03. The van der Waals surface area contributed by atoms with Gasteiger partial charge >= 0.3 is 6.03 Å². The van der Waals surface area contributed by atoms with Crippen LogP contribution in [0.25, 0.3) is 10.9 Å². The zero-order valence-corrected chi connectivity index (χ0v) is 11.1. The molecule has 19 heavy (non-hydrogen) atoms. The Morgan fingerprint density at radius 3 is 2.89 bits per heavy atom. The van der Waals surface area contributed by atoms with Crippen LogP contribution in [0.4, 0.5) is 4.79 Å². The van der Waals surface area contributed by atoms with E-state index in [9.17, 15) is 4.79 Å². The van der Waals surface area contributed by atoms with Gasteiger partial charge in [0.2, 0.25) is 0 Å². The van der Waals surface area contributed by atoms with Crippen LogP contribution in [0.15, 0.2) is 30.5 Å². The molecule has 2 N–H and O–H groups in total. The van der Waals surface area contributed by atoms with Gasteiger partial charge < -0.3 is 15.2 Å². The second-order valence-electron chi connectivity index (χ2n) is 5.19. The number of aromatic nitrogens is 1. The second-order valence-corrected chi connectivity index (χ2v) is 5.19. The molecule has 100 valence electrons. The van der Waals surface area contributed by atoms with Gasteiger partial charge in [-0.05, 0) is 48.9 Å². The number of carbonyl (C=O) groups excluding carboxylic acids is 1. The first kappa shape index (κ1) is 12.1. The van der Waals surface area contributed by atoms with Gasteiger partial charge in [0.25, 0.3) is 0 Å². The number of rotatable bonds is 2. The van der Waals surface area contributed by atoms with Crippen LogP contribution < -0.4 is 5.32 Å². The monoisotopic (exact) mass is 257 g/mol. The third-order valence-electron chi connectivity index (χ3n) is 3.81. The summed E-state index contributed by atoms with van der Waals surface area (Å²) < 4.78 is 0. The zero-order valence-electron chi connectivity index (χ0n) is 11.1. The first-order chi connectivity index (χ1) is 9.24. The van der Waals surface area contributed by atoms with E-state index in [1.807, 2.05) is 24.1 Å². The van der Waals surface area contributed by atoms with E-state index in [0.717, 1.165) is 37.0 Å². The highest BCUT2D eigenvalue weighted by molar-refractivity contribution is 5.80. The van der Waals surface area contributed by atoms with Crippen molar-refractivity contribution in [3.05, 3.63) is 36.0 Å². The molecule has 2 amide bonds. The number of benzene rings is 1. The van der Waals surface area contributed by atoms with Crippen LogP contribution in [0.5, 0.6) is 0 Å². The number of aromatic amines is 1. The number of H-pyrrole nitrogens is 1. The Kier molecular flexibility index (Phi) is 3.15. The third kappa shape index (κ3) is 2.43. The minimum Gasteiger partial charge on any atom is -0.361 e. The lowest BCUT2D eigenvalue weighted by atomic mass is 10.1. The maximum absolute atomic E-state index is 12.1. The van der Waals surface area contributed by atoms with Crippen molar-refractivity contribution in [2.45, 2.75) is 25.8 Å². The van der Waals surface area contributed by atoms with E-state index >= 15 is 0 Å². The van der Waals surface area contributed by atoms with Crippen molar-refractivity contribution >= 4 is 16.9 Å². The van der Waals surface area contributed by atoms with Gasteiger partial charge in [0, 0.05) is 24.8 Å². The Labute approximate surface area is 112 Å². The number of fused-ring (bicyclic) bond motifs is 1. The average molecular weight is 257 g/mol. The third-order valence-corrected chi connectivity index (χ3v) is 3.81. The fourth-order valence-electron chi connectivity index (χ4n) is 2.62. The van der Waals surface area contributed by atoms with Crippen molar-refractivity contribution in [1.29, 1.82) is 0 Å². The summed E-state index contributed by atoms with van der Waals surface area (Å²) in [6, 6.07) is 8.39. The van der Waals surface area contributed by atoms with Crippen molar-refractivity contribution in [2.75, 3.05) is 13.1 Å². The Hall–Kier alpha value is -1.97. The van der Waals surface area contributed by atoms with Gasteiger partial charge in [-0.15, -0.1) is 0 Å². The summed E-state index contributed by atoms with van der Waals surface area (Å²) in [4.78, 5) is 17.1. The summed E-state index contributed by atoms with van der Waals surface area (Å²) in [5.74, 6) is 0. The molecule has 2 aromatic rings. The van der Waals surface area contributed by atoms with Gasteiger partial charge in [-0.3, -0.25) is 0 Å². The van der Waals surface area contributed by atoms with Crippen LogP contribution in [-0.2, 0) is 0 Å². The fourth-order valence-corrected chi connectivity index (χ4v) is 2.62. The number of likely N-dealkylation sites (tertiary alicyclic amines) is 1. The van der Waals surface area contributed by atoms with Gasteiger partial charge in [-0.1, -0.05) is 6.07 Å². The van der Waals surface area contributed by atoms with Crippen LogP contribution in [0, 0.1) is 0 Å². The number of nitrogens with zero attached hydrogens (tertiary/aromatic N) is 1. The van der Waals surface area contributed by atoms with Crippen LogP contribution in [0.3, 0.4) is 0 Å². The van der Waals surface area contributed by atoms with Gasteiger partial charge in [0.15, 0.2) is 0 Å². The molecular formula is C15H19N3O. The summed E-state index contributed by atoms with van der Waals surface area (Å²) in [7, 11) is 0. The van der Waals surface area contributed by atoms with Crippen molar-refractivity contribution in [3.63, 3.8) is 0 Å². The Morgan fingerprint density at radius 1 is 1.32 bits per heavy atom. The normalized spacial score (nSPS) is 16.8. The summed E-state index contributed by atoms with van der Waals surface area (Å²) in [6.45, 7) is 3.80. The van der Waals surface area contributed by atoms with Crippen LogP contribution in [-0.4, -0.2) is 29.0 Å². The standard InChI is InChI=1S/C15H19N3O/c1-11(17-15(19)18-8-2-3-9-18)12-4-5-14-13(10-12)6-7-16-14/h4-7,10-11,16H,2-3,8-9H2,1H3,(H,17,19)/t11-/m0/s1. The number of hydrogen-bond donors (Lipinski definition) is 2. The van der Waals surface area contributed by atoms with Crippen LogP contribution in [0.1, 0.15) is 31.4 Å². The molecule has 0 radical (unpaired) electrons. The molecule has 1 aromatic carbocycles. The molecule has 1 aliphatic rings. The molecule has 1 aromatic heterocycles. The Morgan fingerprint density at radius 2 is 2.11 bits per heavy atom. The second kappa shape index (κ2) is 4.96. The highest BCUT2D eigenvalue weighted by atomic mass is 16.2. The zero-order chi connectivity index (χ0) is 13.2. The van der Waals surface area contributed by atoms with Crippen molar-refractivity contribution in [3.8, 4) is 0 Å². The largest absolute Gasteiger partial charge is 0.361 e. The van der Waals surface area contributed by atoms with Gasteiger partial charge in [0.05, 0.1) is 6.04 Å². The Bertz CT molecular complexity index is 584. The number of urea groups is 1. The van der Waals surface area contributed by atoms with Gasteiger partial charge in [-0.25, -0.2) is 4.79 Å². The molecule has 0 saturated carbocycles. The van der Waals surface area contributed by atoms with Crippen LogP contribution >= 0.6 is 0 Å². The average Bonchev–Trinajstić information content (AvgIpc) is 3.09. The SMILES string of the molecule is C[C@H](NC(=O)N1CCCC1)c1ccc2[nH]ccc2c1. The lowest BCUT2D eigenvalue weighted by molar-refractivity contribution is 0.205. The molecule has 4 heteroatoms. The minimum absolute atomic E-state index is 0.0346. The lowest BCUT2D eigenvalue weighted by Crippen LogP contribution is -2.39. The smallest absolute Gasteiger partial charge is 0.317 e. The van der Waals surface area contributed by atoms with E-state index in [-0.39, 0.29) is 12.1 Å². The van der Waals surface area contributed by atoms with Crippen molar-refractivity contribution < 1.29 is 4.79 Å². The molecule has 2 heterocycles. The van der Waals surface area contributed by atoms with E-state index in [1.54, 1.807) is 0 Å². The Balaban J connectivity index is 1.71. The molecule has 1 fully saturated rings. The van der Waals surface area contributed by atoms with Crippen molar-refractivity contribution in [1.82, 2.24) is 15.2 Å². The van der Waals surface area contributed by atoms with Crippen LogP contribution in [0.2, 0.25) is 0 Å². The molecule has 0 aliphatic carbocycles. The first-order valence-electron chi connectivity index (χ1n) is 6.86. The van der Waals surface area contributed by atoms with Crippen molar-refractivity contribution in [2.24, 2.45) is 0 Å². The maximum Gasteiger partial charge on any atom is 0.317 e. The molecule has 0 unspecified atom stereocenters. The summed E-state index contributed by atoms with van der Waals surface area (Å²) in [6.07, 6.45) is 4.18. The fraction of sp³-hybridized carbons (Fsp3) is 0.400. The number of amides is 2. The molecular weight excluding hydrogens is 238 g/mol. The number of carbonyl (C=O) groups is 1. The quantitative estimate of drug-likeness (QED) is 0.853. The molecule has 0 spiro atoms. The molecule has 1 saturated heterocycles. The van der Waals surface area contributed by atoms with E-state index in [2.05, 4.69) is 28.5 Å². The first-order valence-corrected chi connectivity index (χ1v) is 6.86. The minimum atomic E-state index is 0.0346. The van der Waals surface area contributed by atoms with Gasteiger partial charge in [0.1, 0.15) is 0 Å². The summed E-state index contributed by atoms with van der Waals surface area (Å²) in [5, 5.41) is 4.25. The highest BCUT2D eigenvalue weighted by Crippen LogP contribution is 2.20. The van der Waals surface area contributed by atoms with Gasteiger partial charge in [-0.2, -0.15) is 0 Å².